The van der Waals surface area contributed by atoms with Gasteiger partial charge in [0.2, 0.25) is 17.6 Å². The number of ketones is 1. The highest BCUT2D eigenvalue weighted by Crippen LogP contribution is 2.58. The third-order valence-corrected chi connectivity index (χ3v) is 7.99. The number of benzene rings is 1. The summed E-state index contributed by atoms with van der Waals surface area (Å²) >= 11 is 1.13. The van der Waals surface area contributed by atoms with Crippen molar-refractivity contribution in [1.29, 1.82) is 0 Å². The summed E-state index contributed by atoms with van der Waals surface area (Å²) in [6, 6.07) is 4.17. The van der Waals surface area contributed by atoms with E-state index in [0.717, 1.165) is 17.4 Å². The standard InChI is InChI=1S/C25H21F3N4O5S/c1-12-30-19-15(23(37)32(12)16-5-6-18(33)31-21(16)35)11-38-17(19)10-29-22(36)20(34)13-3-2-4-14(9-13)24(7-8-24)25(26,27)28/h2-4,9,11,16H,5-8,10H2,1H3,(H,29,36)(H,31,33,35). The van der Waals surface area contributed by atoms with Gasteiger partial charge in [-0.3, -0.25) is 33.9 Å². The molecule has 1 unspecified atom stereocenters. The van der Waals surface area contributed by atoms with E-state index in [9.17, 15) is 37.1 Å². The molecule has 2 aliphatic rings. The number of rotatable bonds is 6. The number of carbonyl (C=O) groups excluding carboxylic acids is 4. The Labute approximate surface area is 217 Å². The summed E-state index contributed by atoms with van der Waals surface area (Å²) in [5, 5.41) is 6.43. The lowest BCUT2D eigenvalue weighted by atomic mass is 9.93. The minimum atomic E-state index is -4.45. The van der Waals surface area contributed by atoms with Crippen molar-refractivity contribution in [1.82, 2.24) is 20.2 Å². The molecule has 0 radical (unpaired) electrons. The molecule has 1 saturated carbocycles. The third-order valence-electron chi connectivity index (χ3n) is 7.02. The van der Waals surface area contributed by atoms with Gasteiger partial charge in [-0.1, -0.05) is 18.2 Å². The summed E-state index contributed by atoms with van der Waals surface area (Å²) in [5.41, 5.74) is -2.33. The van der Waals surface area contributed by atoms with Gasteiger partial charge in [0.25, 0.3) is 11.5 Å². The summed E-state index contributed by atoms with van der Waals surface area (Å²) in [5.74, 6) is -2.73. The molecule has 38 heavy (non-hydrogen) atoms. The van der Waals surface area contributed by atoms with Gasteiger partial charge in [-0.05, 0) is 37.8 Å². The number of nitrogens with one attached hydrogen (secondary N) is 2. The van der Waals surface area contributed by atoms with Gasteiger partial charge in [-0.15, -0.1) is 11.3 Å². The Morgan fingerprint density at radius 1 is 1.24 bits per heavy atom. The molecule has 3 aromatic rings. The summed E-state index contributed by atoms with van der Waals surface area (Å²) in [4.78, 5) is 67.1. The summed E-state index contributed by atoms with van der Waals surface area (Å²) in [6.45, 7) is 1.41. The Balaban J connectivity index is 1.33. The van der Waals surface area contributed by atoms with Gasteiger partial charge in [0.15, 0.2) is 0 Å². The van der Waals surface area contributed by atoms with Crippen LogP contribution in [0.15, 0.2) is 34.4 Å². The van der Waals surface area contributed by atoms with Crippen LogP contribution in [-0.2, 0) is 26.3 Å². The molecular formula is C25H21F3N4O5S. The van der Waals surface area contributed by atoms with Gasteiger partial charge in [-0.2, -0.15) is 13.2 Å². The van der Waals surface area contributed by atoms with Crippen molar-refractivity contribution in [2.45, 2.75) is 56.8 Å². The average molecular weight is 547 g/mol. The van der Waals surface area contributed by atoms with E-state index in [4.69, 9.17) is 0 Å². The highest BCUT2D eigenvalue weighted by Gasteiger charge is 2.64. The largest absolute Gasteiger partial charge is 0.398 e. The molecule has 1 aromatic carbocycles. The maximum Gasteiger partial charge on any atom is 0.398 e. The lowest BCUT2D eigenvalue weighted by Crippen LogP contribution is -2.45. The van der Waals surface area contributed by atoms with Crippen LogP contribution < -0.4 is 16.2 Å². The first-order valence-electron chi connectivity index (χ1n) is 11.8. The number of imide groups is 1. The van der Waals surface area contributed by atoms with Gasteiger partial charge in [-0.25, -0.2) is 4.98 Å². The van der Waals surface area contributed by atoms with Crippen molar-refractivity contribution in [3.63, 3.8) is 0 Å². The number of hydrogen-bond acceptors (Lipinski definition) is 7. The molecule has 3 amide bonds. The van der Waals surface area contributed by atoms with E-state index in [1.807, 2.05) is 0 Å². The van der Waals surface area contributed by atoms with Crippen LogP contribution in [0.3, 0.4) is 0 Å². The van der Waals surface area contributed by atoms with Crippen LogP contribution in [0.5, 0.6) is 0 Å². The van der Waals surface area contributed by atoms with Gasteiger partial charge in [0.1, 0.15) is 11.9 Å². The molecule has 0 spiro atoms. The molecule has 3 heterocycles. The zero-order valence-electron chi connectivity index (χ0n) is 20.0. The van der Waals surface area contributed by atoms with Crippen LogP contribution in [0.4, 0.5) is 13.2 Å². The summed E-state index contributed by atoms with van der Waals surface area (Å²) in [6.07, 6.45) is -4.32. The molecule has 5 rings (SSSR count). The van der Waals surface area contributed by atoms with Crippen molar-refractivity contribution in [3.05, 3.63) is 61.8 Å². The normalized spacial score (nSPS) is 18.8. The van der Waals surface area contributed by atoms with Crippen LogP contribution in [0.25, 0.3) is 10.9 Å². The number of hydrogen-bond donors (Lipinski definition) is 2. The number of amides is 3. The van der Waals surface area contributed by atoms with Crippen LogP contribution in [0.1, 0.15) is 58.3 Å². The van der Waals surface area contributed by atoms with Crippen LogP contribution in [0.2, 0.25) is 0 Å². The number of fused-ring (bicyclic) bond motifs is 1. The molecule has 1 aliphatic heterocycles. The number of halogens is 3. The number of carbonyl (C=O) groups is 4. The maximum absolute atomic E-state index is 13.5. The lowest BCUT2D eigenvalue weighted by molar-refractivity contribution is -0.160. The van der Waals surface area contributed by atoms with Crippen molar-refractivity contribution in [3.8, 4) is 0 Å². The Morgan fingerprint density at radius 2 is 1.97 bits per heavy atom. The smallest absolute Gasteiger partial charge is 0.344 e. The van der Waals surface area contributed by atoms with E-state index in [-0.39, 0.29) is 54.6 Å². The fourth-order valence-corrected chi connectivity index (χ4v) is 5.67. The van der Waals surface area contributed by atoms with E-state index in [1.165, 1.54) is 28.1 Å². The molecule has 1 saturated heterocycles. The second-order valence-corrected chi connectivity index (χ2v) is 10.4. The second kappa shape index (κ2) is 9.15. The van der Waals surface area contributed by atoms with Crippen molar-refractivity contribution >= 4 is 45.7 Å². The van der Waals surface area contributed by atoms with Crippen LogP contribution in [0, 0.1) is 6.92 Å². The minimum absolute atomic E-state index is 0.0418. The monoisotopic (exact) mass is 546 g/mol. The Hall–Kier alpha value is -3.87. The summed E-state index contributed by atoms with van der Waals surface area (Å²) < 4.78 is 41.7. The highest BCUT2D eigenvalue weighted by atomic mass is 32.1. The number of aromatic nitrogens is 2. The number of aryl methyl sites for hydroxylation is 1. The molecule has 198 valence electrons. The van der Waals surface area contributed by atoms with E-state index >= 15 is 0 Å². The zero-order valence-corrected chi connectivity index (χ0v) is 20.8. The number of Topliss-reactive ketones (excluding diaryl/α,β-unsaturated/α-hetero) is 1. The highest BCUT2D eigenvalue weighted by molar-refractivity contribution is 7.11. The Kier molecular flexibility index (Phi) is 6.21. The van der Waals surface area contributed by atoms with Gasteiger partial charge in [0.05, 0.1) is 27.7 Å². The minimum Gasteiger partial charge on any atom is -0.344 e. The fourth-order valence-electron chi connectivity index (χ4n) is 4.77. The van der Waals surface area contributed by atoms with E-state index in [1.54, 1.807) is 6.92 Å². The van der Waals surface area contributed by atoms with Crippen molar-refractivity contribution in [2.24, 2.45) is 0 Å². The fraction of sp³-hybridized carbons (Fsp3) is 0.360. The van der Waals surface area contributed by atoms with E-state index in [0.29, 0.717) is 10.4 Å². The first kappa shape index (κ1) is 25.8. The molecule has 2 N–H and O–H groups in total. The number of nitrogens with zero attached hydrogens (tertiary/aromatic N) is 2. The van der Waals surface area contributed by atoms with E-state index < -0.39 is 46.7 Å². The first-order chi connectivity index (χ1) is 17.9. The number of alkyl halides is 3. The number of piperidine rings is 1. The second-order valence-electron chi connectivity index (χ2n) is 9.39. The third kappa shape index (κ3) is 4.30. The van der Waals surface area contributed by atoms with E-state index in [2.05, 4.69) is 15.6 Å². The zero-order chi connectivity index (χ0) is 27.4. The Bertz CT molecular complexity index is 1570. The Morgan fingerprint density at radius 3 is 2.63 bits per heavy atom. The lowest BCUT2D eigenvalue weighted by Gasteiger charge is -2.24. The molecule has 2 aromatic heterocycles. The van der Waals surface area contributed by atoms with Crippen molar-refractivity contribution < 1.29 is 32.3 Å². The van der Waals surface area contributed by atoms with Crippen LogP contribution in [-0.4, -0.2) is 39.2 Å². The predicted molar refractivity (Wildman–Crippen MR) is 130 cm³/mol. The van der Waals surface area contributed by atoms with Gasteiger partial charge >= 0.3 is 6.18 Å². The maximum atomic E-state index is 13.5. The molecule has 2 fully saturated rings. The van der Waals surface area contributed by atoms with Gasteiger partial charge < -0.3 is 5.32 Å². The molecule has 9 nitrogen and oxygen atoms in total. The SMILES string of the molecule is Cc1nc2c(CNC(=O)C(=O)c3cccc(C4(C(F)(F)F)CC4)c3)scc2c(=O)n1C1CCC(=O)NC1=O. The summed E-state index contributed by atoms with van der Waals surface area (Å²) in [7, 11) is 0. The first-order valence-corrected chi connectivity index (χ1v) is 12.6. The predicted octanol–water partition coefficient (Wildman–Crippen LogP) is 2.84. The van der Waals surface area contributed by atoms with Crippen molar-refractivity contribution in [2.75, 3.05) is 0 Å². The molecule has 0 bridgehead atoms. The van der Waals surface area contributed by atoms with Gasteiger partial charge in [0, 0.05) is 17.4 Å². The molecule has 1 aliphatic carbocycles. The number of thiophene rings is 1. The quantitative estimate of drug-likeness (QED) is 0.278. The average Bonchev–Trinajstić information content (AvgIpc) is 3.60. The van der Waals surface area contributed by atoms with Crippen LogP contribution >= 0.6 is 11.3 Å². The topological polar surface area (TPSA) is 127 Å². The molecule has 1 atom stereocenters. The molecule has 13 heteroatoms. The molecular weight excluding hydrogens is 525 g/mol.